The van der Waals surface area contributed by atoms with Crippen molar-refractivity contribution in [2.24, 2.45) is 10.9 Å². The van der Waals surface area contributed by atoms with Crippen LogP contribution >= 0.6 is 24.0 Å². The van der Waals surface area contributed by atoms with E-state index in [1.165, 1.54) is 12.1 Å². The van der Waals surface area contributed by atoms with E-state index < -0.39 is 11.7 Å². The molecule has 1 unspecified atom stereocenters. The summed E-state index contributed by atoms with van der Waals surface area (Å²) in [5.74, 6) is 0.907. The molecule has 0 radical (unpaired) electrons. The third kappa shape index (κ3) is 9.22. The van der Waals surface area contributed by atoms with Gasteiger partial charge in [-0.15, -0.1) is 24.0 Å². The number of guanidine groups is 1. The lowest BCUT2D eigenvalue weighted by Gasteiger charge is -2.15. The third-order valence-electron chi connectivity index (χ3n) is 4.62. The zero-order valence-electron chi connectivity index (χ0n) is 16.8. The third-order valence-corrected chi connectivity index (χ3v) is 4.62. The number of carbonyl (C=O) groups is 1. The van der Waals surface area contributed by atoms with Crippen molar-refractivity contribution in [1.29, 1.82) is 0 Å². The molecule has 1 aliphatic carbocycles. The standard InChI is InChI=1S/C20H29F3N4O.HI/c1-3-24-19(27-12-11-25-18(28)15-7-8-15)26-10-9-14(2)16-5-4-6-17(13-16)20(21,22)23;/h4-6,13-15H,3,7-12H2,1-2H3,(H,25,28)(H2,24,26,27);1H. The number of benzene rings is 1. The van der Waals surface area contributed by atoms with E-state index in [9.17, 15) is 18.0 Å². The van der Waals surface area contributed by atoms with Gasteiger partial charge in [-0.05, 0) is 43.7 Å². The van der Waals surface area contributed by atoms with Crippen molar-refractivity contribution in [3.8, 4) is 0 Å². The monoisotopic (exact) mass is 526 g/mol. The molecular weight excluding hydrogens is 496 g/mol. The number of rotatable bonds is 9. The molecule has 164 valence electrons. The molecule has 0 aliphatic heterocycles. The molecule has 2 rings (SSSR count). The number of hydrogen-bond acceptors (Lipinski definition) is 2. The summed E-state index contributed by atoms with van der Waals surface area (Å²) in [7, 11) is 0. The van der Waals surface area contributed by atoms with E-state index >= 15 is 0 Å². The van der Waals surface area contributed by atoms with Gasteiger partial charge in [0.2, 0.25) is 5.91 Å². The molecule has 1 fully saturated rings. The maximum Gasteiger partial charge on any atom is 0.416 e. The van der Waals surface area contributed by atoms with E-state index in [1.807, 2.05) is 13.8 Å². The van der Waals surface area contributed by atoms with Crippen molar-refractivity contribution >= 4 is 35.8 Å². The first-order chi connectivity index (χ1) is 13.3. The van der Waals surface area contributed by atoms with E-state index in [1.54, 1.807) is 6.07 Å². The maximum absolute atomic E-state index is 12.9. The Kier molecular flexibility index (Phi) is 10.8. The van der Waals surface area contributed by atoms with Crippen LogP contribution in [0.15, 0.2) is 29.3 Å². The minimum atomic E-state index is -4.33. The quantitative estimate of drug-likeness (QED) is 0.198. The first kappa shape index (κ1) is 25.5. The lowest BCUT2D eigenvalue weighted by atomic mass is 9.96. The lowest BCUT2D eigenvalue weighted by molar-refractivity contribution is -0.137. The Labute approximate surface area is 187 Å². The predicted octanol–water partition coefficient (Wildman–Crippen LogP) is 3.90. The Balaban J connectivity index is 0.00000420. The molecule has 1 aromatic carbocycles. The molecule has 3 N–H and O–H groups in total. The van der Waals surface area contributed by atoms with Crippen LogP contribution in [0.3, 0.4) is 0 Å². The number of halogens is 4. The average Bonchev–Trinajstić information content (AvgIpc) is 3.49. The molecule has 1 aliphatic rings. The van der Waals surface area contributed by atoms with Gasteiger partial charge in [-0.25, -0.2) is 0 Å². The van der Waals surface area contributed by atoms with Crippen LogP contribution in [0.4, 0.5) is 13.2 Å². The summed E-state index contributed by atoms with van der Waals surface area (Å²) in [6, 6.07) is 5.46. The van der Waals surface area contributed by atoms with Gasteiger partial charge in [0.25, 0.3) is 0 Å². The second kappa shape index (κ2) is 12.2. The van der Waals surface area contributed by atoms with Crippen molar-refractivity contribution < 1.29 is 18.0 Å². The average molecular weight is 526 g/mol. The number of nitrogens with one attached hydrogen (secondary N) is 3. The van der Waals surface area contributed by atoms with Crippen LogP contribution in [-0.4, -0.2) is 38.0 Å². The zero-order valence-corrected chi connectivity index (χ0v) is 19.1. The number of aliphatic imine (C=N–C) groups is 1. The minimum Gasteiger partial charge on any atom is -0.357 e. The van der Waals surface area contributed by atoms with Crippen LogP contribution < -0.4 is 16.0 Å². The number of amides is 1. The largest absolute Gasteiger partial charge is 0.416 e. The molecule has 29 heavy (non-hydrogen) atoms. The van der Waals surface area contributed by atoms with Crippen LogP contribution in [0.2, 0.25) is 0 Å². The van der Waals surface area contributed by atoms with Crippen molar-refractivity contribution in [3.63, 3.8) is 0 Å². The zero-order chi connectivity index (χ0) is 20.6. The Hall–Kier alpha value is -1.52. The number of carbonyl (C=O) groups excluding carboxylic acids is 1. The predicted molar refractivity (Wildman–Crippen MR) is 120 cm³/mol. The molecule has 1 atom stereocenters. The second-order valence-corrected chi connectivity index (χ2v) is 7.07. The Morgan fingerprint density at radius 3 is 2.52 bits per heavy atom. The Morgan fingerprint density at radius 1 is 1.21 bits per heavy atom. The van der Waals surface area contributed by atoms with E-state index in [-0.39, 0.29) is 41.7 Å². The highest BCUT2D eigenvalue weighted by atomic mass is 127. The number of nitrogens with zero attached hydrogens (tertiary/aromatic N) is 1. The summed E-state index contributed by atoms with van der Waals surface area (Å²) in [6.07, 6.45) is -1.73. The minimum absolute atomic E-state index is 0. The van der Waals surface area contributed by atoms with Crippen molar-refractivity contribution in [2.45, 2.75) is 45.2 Å². The van der Waals surface area contributed by atoms with Gasteiger partial charge in [-0.3, -0.25) is 9.79 Å². The molecule has 0 heterocycles. The van der Waals surface area contributed by atoms with Crippen LogP contribution in [0, 0.1) is 5.92 Å². The maximum atomic E-state index is 12.9. The van der Waals surface area contributed by atoms with Gasteiger partial charge in [0.05, 0.1) is 5.56 Å². The molecular formula is C20H30F3IN4O. The van der Waals surface area contributed by atoms with Gasteiger partial charge in [0, 0.05) is 32.1 Å². The van der Waals surface area contributed by atoms with Crippen molar-refractivity contribution in [3.05, 3.63) is 35.4 Å². The van der Waals surface area contributed by atoms with Gasteiger partial charge in [0.15, 0.2) is 5.96 Å². The first-order valence-corrected chi connectivity index (χ1v) is 9.78. The number of alkyl halides is 3. The van der Waals surface area contributed by atoms with Crippen LogP contribution in [0.25, 0.3) is 0 Å². The number of hydrogen-bond donors (Lipinski definition) is 3. The van der Waals surface area contributed by atoms with Gasteiger partial charge < -0.3 is 16.0 Å². The van der Waals surface area contributed by atoms with Crippen LogP contribution in [0.5, 0.6) is 0 Å². The summed E-state index contributed by atoms with van der Waals surface area (Å²) in [4.78, 5) is 16.1. The summed E-state index contributed by atoms with van der Waals surface area (Å²) >= 11 is 0. The molecule has 0 bridgehead atoms. The fourth-order valence-corrected chi connectivity index (χ4v) is 2.76. The summed E-state index contributed by atoms with van der Waals surface area (Å²) < 4.78 is 38.6. The normalized spacial score (nSPS) is 15.3. The molecule has 1 saturated carbocycles. The highest BCUT2D eigenvalue weighted by molar-refractivity contribution is 14.0. The molecule has 1 amide bonds. The van der Waals surface area contributed by atoms with E-state index in [0.29, 0.717) is 44.1 Å². The highest BCUT2D eigenvalue weighted by Crippen LogP contribution is 2.31. The molecule has 5 nitrogen and oxygen atoms in total. The van der Waals surface area contributed by atoms with Crippen molar-refractivity contribution in [2.75, 3.05) is 26.2 Å². The van der Waals surface area contributed by atoms with E-state index in [2.05, 4.69) is 20.9 Å². The fourth-order valence-electron chi connectivity index (χ4n) is 2.76. The van der Waals surface area contributed by atoms with Crippen LogP contribution in [0.1, 0.15) is 50.2 Å². The Morgan fingerprint density at radius 2 is 1.90 bits per heavy atom. The summed E-state index contributed by atoms with van der Waals surface area (Å²) in [5, 5.41) is 9.16. The highest BCUT2D eigenvalue weighted by Gasteiger charge is 2.30. The first-order valence-electron chi connectivity index (χ1n) is 9.78. The Bertz CT molecular complexity index is 678. The van der Waals surface area contributed by atoms with Gasteiger partial charge in [0.1, 0.15) is 0 Å². The SMILES string of the molecule is CCNC(=NCCC(C)c1cccc(C(F)(F)F)c1)NCCNC(=O)C1CC1.I. The second-order valence-electron chi connectivity index (χ2n) is 7.07. The van der Waals surface area contributed by atoms with Crippen molar-refractivity contribution in [1.82, 2.24) is 16.0 Å². The van der Waals surface area contributed by atoms with Gasteiger partial charge >= 0.3 is 6.18 Å². The fraction of sp³-hybridized carbons (Fsp3) is 0.600. The summed E-state index contributed by atoms with van der Waals surface area (Å²) in [5.41, 5.74) is 0.0365. The molecule has 1 aromatic rings. The van der Waals surface area contributed by atoms with E-state index in [4.69, 9.17) is 0 Å². The van der Waals surface area contributed by atoms with Gasteiger partial charge in [-0.1, -0.05) is 25.1 Å². The van der Waals surface area contributed by atoms with Gasteiger partial charge in [-0.2, -0.15) is 13.2 Å². The summed E-state index contributed by atoms with van der Waals surface area (Å²) in [6.45, 7) is 6.13. The van der Waals surface area contributed by atoms with E-state index in [0.717, 1.165) is 18.9 Å². The van der Waals surface area contributed by atoms with Crippen LogP contribution in [-0.2, 0) is 11.0 Å². The molecule has 0 aromatic heterocycles. The topological polar surface area (TPSA) is 65.5 Å². The molecule has 9 heteroatoms. The molecule has 0 spiro atoms. The molecule has 0 saturated heterocycles. The smallest absolute Gasteiger partial charge is 0.357 e. The lowest BCUT2D eigenvalue weighted by Crippen LogP contribution is -2.41.